The Morgan fingerprint density at radius 3 is 2.44 bits per heavy atom. The first-order valence-electron chi connectivity index (χ1n) is 4.79. The molecule has 1 nitrogen and oxygen atoms in total. The fourth-order valence-electron chi connectivity index (χ4n) is 1.69. The average Bonchev–Trinajstić information content (AvgIpc) is 2.62. The van der Waals surface area contributed by atoms with Crippen LogP contribution in [-0.4, -0.2) is 29.2 Å². The van der Waals surface area contributed by atoms with Gasteiger partial charge in [0.05, 0.1) is 11.9 Å². The topological polar surface area (TPSA) is 9.23 Å². The number of ether oxygens (including phenoxy) is 1. The molecule has 1 aromatic carbocycles. The predicted molar refractivity (Wildman–Crippen MR) is 53.8 cm³/mol. The van der Waals surface area contributed by atoms with Crippen molar-refractivity contribution in [2.45, 2.75) is 31.8 Å². The maximum atomic E-state index is 13.1. The molecule has 0 radical (unpaired) electrons. The molecule has 0 saturated heterocycles. The van der Waals surface area contributed by atoms with Crippen molar-refractivity contribution in [2.24, 2.45) is 0 Å². The Kier molecular flexibility index (Phi) is 7.51. The van der Waals surface area contributed by atoms with E-state index in [1.807, 2.05) is 0 Å². The minimum absolute atomic E-state index is 0. The van der Waals surface area contributed by atoms with E-state index >= 15 is 0 Å². The molecular formula is C11H11BrF2MgO. The normalized spacial score (nSPS) is 15.1. The van der Waals surface area contributed by atoms with E-state index in [0.29, 0.717) is 0 Å². The van der Waals surface area contributed by atoms with Crippen LogP contribution in [0.25, 0.3) is 0 Å². The Morgan fingerprint density at radius 1 is 1.25 bits per heavy atom. The summed E-state index contributed by atoms with van der Waals surface area (Å²) in [5.41, 5.74) is 0. The van der Waals surface area contributed by atoms with Gasteiger partial charge in [0.15, 0.2) is 0 Å². The standard InChI is InChI=1S/C11H11F2O.BrH.Mg/c12-8-5-6-11(10(13)7-8)14-9-3-1-2-4-9;;/h5,7,9H,1-4H2;1H;/q-1;;+2/p-1. The van der Waals surface area contributed by atoms with Crippen LogP contribution in [-0.2, 0) is 0 Å². The van der Waals surface area contributed by atoms with Gasteiger partial charge in [-0.15, -0.1) is 12.1 Å². The quantitative estimate of drug-likeness (QED) is 0.539. The van der Waals surface area contributed by atoms with Gasteiger partial charge in [-0.3, -0.25) is 8.78 Å². The molecule has 16 heavy (non-hydrogen) atoms. The monoisotopic (exact) mass is 300 g/mol. The molecule has 1 aliphatic carbocycles. The zero-order valence-corrected chi connectivity index (χ0v) is 11.8. The van der Waals surface area contributed by atoms with E-state index < -0.39 is 11.6 Å². The van der Waals surface area contributed by atoms with Crippen LogP contribution < -0.4 is 21.7 Å². The molecule has 84 valence electrons. The summed E-state index contributed by atoms with van der Waals surface area (Å²) in [6.45, 7) is 0. The van der Waals surface area contributed by atoms with Crippen molar-refractivity contribution in [3.63, 3.8) is 0 Å². The maximum absolute atomic E-state index is 13.1. The van der Waals surface area contributed by atoms with Crippen molar-refractivity contribution in [1.29, 1.82) is 0 Å². The Morgan fingerprint density at radius 2 is 1.88 bits per heavy atom. The molecule has 0 atom stereocenters. The second kappa shape index (κ2) is 7.45. The van der Waals surface area contributed by atoms with Crippen molar-refractivity contribution in [3.05, 3.63) is 29.8 Å². The van der Waals surface area contributed by atoms with Crippen LogP contribution in [0.4, 0.5) is 8.78 Å². The number of hydrogen-bond acceptors (Lipinski definition) is 1. The van der Waals surface area contributed by atoms with Gasteiger partial charge in [0.1, 0.15) is 0 Å². The summed E-state index contributed by atoms with van der Waals surface area (Å²) in [6.07, 6.45) is 4.21. The second-order valence-electron chi connectivity index (χ2n) is 3.52. The van der Waals surface area contributed by atoms with Crippen molar-refractivity contribution in [2.75, 3.05) is 0 Å². The van der Waals surface area contributed by atoms with Gasteiger partial charge >= 0.3 is 23.1 Å². The molecule has 2 rings (SSSR count). The van der Waals surface area contributed by atoms with Gasteiger partial charge in [-0.25, -0.2) is 0 Å². The Bertz CT molecular complexity index is 330. The molecule has 0 aromatic heterocycles. The zero-order chi connectivity index (χ0) is 9.97. The molecule has 0 spiro atoms. The zero-order valence-electron chi connectivity index (χ0n) is 8.81. The molecule has 0 aliphatic heterocycles. The third-order valence-electron chi connectivity index (χ3n) is 2.41. The number of benzene rings is 1. The summed E-state index contributed by atoms with van der Waals surface area (Å²) in [4.78, 5) is 0. The first-order valence-corrected chi connectivity index (χ1v) is 4.79. The van der Waals surface area contributed by atoms with E-state index in [1.165, 1.54) is 0 Å². The van der Waals surface area contributed by atoms with Gasteiger partial charge in [0, 0.05) is 11.6 Å². The van der Waals surface area contributed by atoms with E-state index in [1.54, 1.807) is 0 Å². The van der Waals surface area contributed by atoms with Gasteiger partial charge in [0.2, 0.25) is 0 Å². The summed E-state index contributed by atoms with van der Waals surface area (Å²) >= 11 is 0. The summed E-state index contributed by atoms with van der Waals surface area (Å²) in [5, 5.41) is 0. The van der Waals surface area contributed by atoms with E-state index in [4.69, 9.17) is 4.74 Å². The molecule has 0 amide bonds. The molecule has 0 N–H and O–H groups in total. The van der Waals surface area contributed by atoms with Gasteiger partial charge in [-0.1, -0.05) is 6.07 Å². The summed E-state index contributed by atoms with van der Waals surface area (Å²) in [6, 6.07) is 4.37. The van der Waals surface area contributed by atoms with Crippen LogP contribution in [0.1, 0.15) is 25.7 Å². The van der Waals surface area contributed by atoms with Crippen LogP contribution in [0.2, 0.25) is 0 Å². The molecule has 1 aliphatic rings. The molecule has 1 aromatic rings. The first kappa shape index (κ1) is 16.1. The number of rotatable bonds is 2. The van der Waals surface area contributed by atoms with Crippen LogP contribution in [0.5, 0.6) is 5.75 Å². The van der Waals surface area contributed by atoms with Crippen LogP contribution in [0.3, 0.4) is 0 Å². The molecule has 0 heterocycles. The minimum Gasteiger partial charge on any atom is -1.00 e. The van der Waals surface area contributed by atoms with Crippen molar-refractivity contribution < 1.29 is 30.5 Å². The fourth-order valence-corrected chi connectivity index (χ4v) is 1.69. The third kappa shape index (κ3) is 4.18. The van der Waals surface area contributed by atoms with E-state index in [9.17, 15) is 8.78 Å². The van der Waals surface area contributed by atoms with Crippen molar-refractivity contribution >= 4 is 23.1 Å². The van der Waals surface area contributed by atoms with Crippen molar-refractivity contribution in [1.82, 2.24) is 0 Å². The number of hydrogen-bond donors (Lipinski definition) is 0. The second-order valence-corrected chi connectivity index (χ2v) is 3.52. The number of halogens is 3. The maximum Gasteiger partial charge on any atom is 2.00 e. The minimum atomic E-state index is -0.670. The van der Waals surface area contributed by atoms with E-state index in [0.717, 1.165) is 37.8 Å². The Hall–Kier alpha value is 0.126. The van der Waals surface area contributed by atoms with Crippen LogP contribution in [0, 0.1) is 17.7 Å². The summed E-state index contributed by atoms with van der Waals surface area (Å²) in [7, 11) is 0. The molecule has 1 fully saturated rings. The first-order chi connectivity index (χ1) is 6.75. The van der Waals surface area contributed by atoms with Crippen molar-refractivity contribution in [3.8, 4) is 5.75 Å². The molecule has 1 saturated carbocycles. The Labute approximate surface area is 120 Å². The SMILES string of the molecule is Fc1c[c-]c(OC2CCCC2)c(F)c1.[Br-].[Mg+2]. The van der Waals surface area contributed by atoms with Gasteiger partial charge in [0.25, 0.3) is 0 Å². The average molecular weight is 301 g/mol. The predicted octanol–water partition coefficient (Wildman–Crippen LogP) is -0.290. The smallest absolute Gasteiger partial charge is 1.00 e. The summed E-state index contributed by atoms with van der Waals surface area (Å²) in [5.74, 6) is -1.25. The Balaban J connectivity index is 0.00000112. The van der Waals surface area contributed by atoms with E-state index in [2.05, 4.69) is 6.07 Å². The van der Waals surface area contributed by atoms with Gasteiger partial charge in [-0.05, 0) is 25.7 Å². The van der Waals surface area contributed by atoms with E-state index in [-0.39, 0.29) is 51.9 Å². The fraction of sp³-hybridized carbons (Fsp3) is 0.455. The summed E-state index contributed by atoms with van der Waals surface area (Å²) < 4.78 is 31.0. The van der Waals surface area contributed by atoms with Gasteiger partial charge in [-0.2, -0.15) is 0 Å². The molecule has 5 heteroatoms. The largest absolute Gasteiger partial charge is 2.00 e. The molecule has 0 bridgehead atoms. The van der Waals surface area contributed by atoms with Crippen LogP contribution >= 0.6 is 0 Å². The van der Waals surface area contributed by atoms with Crippen LogP contribution in [0.15, 0.2) is 12.1 Å². The molecular weight excluding hydrogens is 290 g/mol. The third-order valence-corrected chi connectivity index (χ3v) is 2.41. The van der Waals surface area contributed by atoms with Gasteiger partial charge < -0.3 is 21.7 Å². The molecule has 0 unspecified atom stereocenters.